The number of hydrogen-bond acceptors (Lipinski definition) is 8. The summed E-state index contributed by atoms with van der Waals surface area (Å²) in [5, 5.41) is 14.3. The van der Waals surface area contributed by atoms with Crippen LogP contribution < -0.4 is 10.1 Å². The van der Waals surface area contributed by atoms with E-state index in [4.69, 9.17) is 23.9 Å². The molecule has 1 aromatic carbocycles. The lowest BCUT2D eigenvalue weighted by Crippen LogP contribution is -2.45. The monoisotopic (exact) mass is 570 g/mol. The molecule has 2 fully saturated rings. The van der Waals surface area contributed by atoms with Gasteiger partial charge in [-0.3, -0.25) is 19.2 Å². The summed E-state index contributed by atoms with van der Waals surface area (Å²) >= 11 is 0. The van der Waals surface area contributed by atoms with E-state index in [1.165, 1.54) is 0 Å². The Bertz CT molecular complexity index is 1220. The third-order valence-corrected chi connectivity index (χ3v) is 7.47. The second-order valence-corrected chi connectivity index (χ2v) is 10.6. The summed E-state index contributed by atoms with van der Waals surface area (Å²) in [6, 6.07) is 9.35. The van der Waals surface area contributed by atoms with Crippen molar-refractivity contribution in [2.24, 2.45) is 11.8 Å². The number of amides is 3. The Morgan fingerprint density at radius 3 is 2.46 bits per heavy atom. The number of carboxylic acids is 1. The molecule has 2 N–H and O–H groups in total. The smallest absolute Gasteiger partial charge is 0.300 e. The zero-order valence-corrected chi connectivity index (χ0v) is 23.5. The van der Waals surface area contributed by atoms with E-state index in [0.717, 1.165) is 25.3 Å². The molecule has 0 unspecified atom stereocenters. The number of carbonyl (C=O) groups is 4. The zero-order chi connectivity index (χ0) is 29.4. The van der Waals surface area contributed by atoms with Crippen molar-refractivity contribution in [1.29, 1.82) is 0 Å². The highest BCUT2D eigenvalue weighted by Gasteiger charge is 2.41. The number of nitrogens with one attached hydrogen (secondary N) is 1. The number of nitrogens with zero attached hydrogens (tertiary/aromatic N) is 3. The van der Waals surface area contributed by atoms with Crippen molar-refractivity contribution in [3.63, 3.8) is 0 Å². The molecule has 2 aromatic rings. The van der Waals surface area contributed by atoms with Gasteiger partial charge in [-0.25, -0.2) is 0 Å². The Hall–Kier alpha value is -3.93. The number of carbonyl (C=O) groups excluding carboxylic acids is 3. The van der Waals surface area contributed by atoms with Crippen LogP contribution in [0.15, 0.2) is 34.9 Å². The summed E-state index contributed by atoms with van der Waals surface area (Å²) in [5.41, 5.74) is 1.58. The average molecular weight is 571 g/mol. The molecular formula is C29H38N4O8. The molecule has 4 heterocycles. The predicted molar refractivity (Wildman–Crippen MR) is 146 cm³/mol. The number of hydrogen-bond donors (Lipinski definition) is 2. The number of aromatic nitrogens is 1. The summed E-state index contributed by atoms with van der Waals surface area (Å²) in [6.45, 7) is 6.54. The van der Waals surface area contributed by atoms with Crippen LogP contribution in [0.25, 0.3) is 0 Å². The maximum absolute atomic E-state index is 13.4. The van der Waals surface area contributed by atoms with Gasteiger partial charge in [0.05, 0.1) is 18.2 Å². The van der Waals surface area contributed by atoms with Crippen LogP contribution in [0.3, 0.4) is 0 Å². The molecule has 5 rings (SSSR count). The van der Waals surface area contributed by atoms with Crippen LogP contribution in [0, 0.1) is 18.8 Å². The highest BCUT2D eigenvalue weighted by Crippen LogP contribution is 2.35. The minimum atomic E-state index is -0.833. The normalized spacial score (nSPS) is 21.9. The van der Waals surface area contributed by atoms with Gasteiger partial charge in [0, 0.05) is 70.8 Å². The van der Waals surface area contributed by atoms with E-state index in [1.54, 1.807) is 17.9 Å². The van der Waals surface area contributed by atoms with Gasteiger partial charge in [0.15, 0.2) is 0 Å². The van der Waals surface area contributed by atoms with Crippen molar-refractivity contribution in [3.8, 4) is 5.75 Å². The van der Waals surface area contributed by atoms with Crippen LogP contribution in [0.4, 0.5) is 0 Å². The van der Waals surface area contributed by atoms with Crippen LogP contribution >= 0.6 is 0 Å². The molecule has 1 aromatic heterocycles. The first kappa shape index (κ1) is 30.0. The average Bonchev–Trinajstić information content (AvgIpc) is 3.60. The van der Waals surface area contributed by atoms with Gasteiger partial charge in [-0.05, 0) is 43.9 Å². The summed E-state index contributed by atoms with van der Waals surface area (Å²) in [6.07, 6.45) is 2.14. The lowest BCUT2D eigenvalue weighted by atomic mass is 9.88. The minimum Gasteiger partial charge on any atom is -0.494 e. The number of aryl methyl sites for hydroxylation is 1. The van der Waals surface area contributed by atoms with Crippen molar-refractivity contribution in [2.45, 2.75) is 39.0 Å². The van der Waals surface area contributed by atoms with Gasteiger partial charge in [-0.2, -0.15) is 0 Å². The molecule has 3 amide bonds. The zero-order valence-electron chi connectivity index (χ0n) is 23.5. The fourth-order valence-corrected chi connectivity index (χ4v) is 5.45. The summed E-state index contributed by atoms with van der Waals surface area (Å²) < 4.78 is 16.6. The molecule has 3 aliphatic heterocycles. The summed E-state index contributed by atoms with van der Waals surface area (Å²) in [7, 11) is 0. The summed E-state index contributed by atoms with van der Waals surface area (Å²) in [4.78, 5) is 52.2. The Morgan fingerprint density at radius 2 is 1.76 bits per heavy atom. The molecule has 2 atom stereocenters. The molecule has 2 saturated heterocycles. The van der Waals surface area contributed by atoms with Gasteiger partial charge in [0.25, 0.3) is 11.9 Å². The molecule has 0 radical (unpaired) electrons. The molecular weight excluding hydrogens is 532 g/mol. The second-order valence-electron chi connectivity index (χ2n) is 10.6. The number of rotatable bonds is 2. The van der Waals surface area contributed by atoms with E-state index in [-0.39, 0.29) is 41.9 Å². The van der Waals surface area contributed by atoms with Gasteiger partial charge >= 0.3 is 0 Å². The number of aliphatic carboxylic acids is 1. The Labute approximate surface area is 238 Å². The van der Waals surface area contributed by atoms with Gasteiger partial charge in [0.2, 0.25) is 17.6 Å². The molecule has 222 valence electrons. The first-order chi connectivity index (χ1) is 19.7. The van der Waals surface area contributed by atoms with Crippen molar-refractivity contribution >= 4 is 23.7 Å². The molecule has 12 heteroatoms. The highest BCUT2D eigenvalue weighted by atomic mass is 16.5. The van der Waals surface area contributed by atoms with E-state index in [9.17, 15) is 14.4 Å². The van der Waals surface area contributed by atoms with E-state index < -0.39 is 11.9 Å². The van der Waals surface area contributed by atoms with Crippen LogP contribution in [-0.2, 0) is 19.1 Å². The van der Waals surface area contributed by atoms with Crippen LogP contribution in [0.5, 0.6) is 5.75 Å². The standard InChI is InChI=1S/C27H34N4O6.C2H4O2/c1-18-14-24(37-29-18)27(34)31-16-22-20-4-2-5-21(15-20)36-11-3-9-30(10-8-28-25(32)23(22)17-31)26(33)19-6-12-35-13-7-19;1-2(3)4/h2,4-5,14-15,19,22-23H,3,6-13,16-17H2,1H3,(H,28,32);1H3,(H,3,4)/t22-,23+;/m1./s1. The molecule has 0 aliphatic carbocycles. The van der Waals surface area contributed by atoms with Crippen molar-refractivity contribution in [1.82, 2.24) is 20.3 Å². The Balaban J connectivity index is 0.000000909. The van der Waals surface area contributed by atoms with Gasteiger partial charge in [-0.15, -0.1) is 0 Å². The SMILES string of the molecule is CC(=O)O.Cc1cc(C(=O)N2C[C@@H]3C(=O)NCCN(C(=O)C4CCOCC4)CCCOc4cccc(c4)[C@H]3C2)on1. The topological polar surface area (TPSA) is 152 Å². The van der Waals surface area contributed by atoms with E-state index in [1.807, 2.05) is 29.2 Å². The predicted octanol–water partition coefficient (Wildman–Crippen LogP) is 2.08. The van der Waals surface area contributed by atoms with Crippen molar-refractivity contribution in [3.05, 3.63) is 47.3 Å². The quantitative estimate of drug-likeness (QED) is 0.553. The van der Waals surface area contributed by atoms with Crippen LogP contribution in [0.1, 0.15) is 53.9 Å². The van der Waals surface area contributed by atoms with Gasteiger partial charge in [-0.1, -0.05) is 17.3 Å². The largest absolute Gasteiger partial charge is 0.494 e. The Kier molecular flexibility index (Phi) is 10.3. The first-order valence-corrected chi connectivity index (χ1v) is 14.0. The second kappa shape index (κ2) is 14.1. The van der Waals surface area contributed by atoms with Gasteiger partial charge < -0.3 is 34.2 Å². The molecule has 0 spiro atoms. The van der Waals surface area contributed by atoms with E-state index >= 15 is 0 Å². The molecule has 12 nitrogen and oxygen atoms in total. The lowest BCUT2D eigenvalue weighted by molar-refractivity contribution is -0.139. The highest BCUT2D eigenvalue weighted by molar-refractivity contribution is 5.93. The molecule has 41 heavy (non-hydrogen) atoms. The van der Waals surface area contributed by atoms with Crippen LogP contribution in [-0.4, -0.2) is 96.3 Å². The number of fused-ring (bicyclic) bond motifs is 4. The summed E-state index contributed by atoms with van der Waals surface area (Å²) in [5.74, 6) is -0.918. The van der Waals surface area contributed by atoms with Crippen molar-refractivity contribution < 1.29 is 38.3 Å². The van der Waals surface area contributed by atoms with E-state index in [2.05, 4.69) is 10.5 Å². The molecule has 3 aliphatic rings. The van der Waals surface area contributed by atoms with E-state index in [0.29, 0.717) is 63.9 Å². The number of likely N-dealkylation sites (tertiary alicyclic amines) is 1. The molecule has 0 saturated carbocycles. The van der Waals surface area contributed by atoms with Crippen LogP contribution in [0.2, 0.25) is 0 Å². The number of benzene rings is 1. The fraction of sp³-hybridized carbons (Fsp3) is 0.552. The van der Waals surface area contributed by atoms with Gasteiger partial charge in [0.1, 0.15) is 5.75 Å². The molecule has 2 bridgehead atoms. The first-order valence-electron chi connectivity index (χ1n) is 14.0. The fourth-order valence-electron chi connectivity index (χ4n) is 5.45. The maximum atomic E-state index is 13.4. The minimum absolute atomic E-state index is 0.0422. The van der Waals surface area contributed by atoms with Crippen molar-refractivity contribution in [2.75, 3.05) is 52.5 Å². The third kappa shape index (κ3) is 8.06. The number of ether oxygens (including phenoxy) is 2. The lowest BCUT2D eigenvalue weighted by Gasteiger charge is -2.30. The third-order valence-electron chi connectivity index (χ3n) is 7.47. The number of carboxylic acid groups (broad SMARTS) is 1. The maximum Gasteiger partial charge on any atom is 0.300 e. The Morgan fingerprint density at radius 1 is 1.02 bits per heavy atom.